The van der Waals surface area contributed by atoms with E-state index in [0.717, 1.165) is 31.2 Å². The Kier molecular flexibility index (Phi) is 7.53. The molecule has 0 saturated heterocycles. The summed E-state index contributed by atoms with van der Waals surface area (Å²) in [5.74, 6) is -0.480. The molecule has 0 unspecified atom stereocenters. The molecular weight excluding hydrogens is 239 g/mol. The predicted octanol–water partition coefficient (Wildman–Crippen LogP) is 3.70. The Morgan fingerprint density at radius 2 is 2.12 bits per heavy atom. The van der Waals surface area contributed by atoms with Gasteiger partial charge in [-0.25, -0.2) is 4.39 Å². The molecule has 17 heavy (non-hydrogen) atoms. The molecule has 1 rings (SSSR count). The van der Waals surface area contributed by atoms with Gasteiger partial charge in [0.05, 0.1) is 5.56 Å². The van der Waals surface area contributed by atoms with Crippen LogP contribution in [0.1, 0.15) is 49.8 Å². The minimum atomic E-state index is -0.480. The van der Waals surface area contributed by atoms with Crippen molar-refractivity contribution in [2.45, 2.75) is 38.6 Å². The minimum absolute atomic E-state index is 0. The third-order valence-corrected chi connectivity index (χ3v) is 2.66. The van der Waals surface area contributed by atoms with Gasteiger partial charge in [0.1, 0.15) is 11.9 Å². The molecule has 2 N–H and O–H groups in total. The van der Waals surface area contributed by atoms with E-state index in [-0.39, 0.29) is 24.0 Å². The van der Waals surface area contributed by atoms with Crippen molar-refractivity contribution in [2.24, 2.45) is 5.73 Å². The van der Waals surface area contributed by atoms with Gasteiger partial charge in [-0.1, -0.05) is 32.3 Å². The normalized spacial score (nSPS) is 11.4. The molecule has 1 aromatic rings. The highest BCUT2D eigenvalue weighted by molar-refractivity contribution is 5.85. The molecule has 0 amide bonds. The highest BCUT2D eigenvalue weighted by Gasteiger charge is 2.09. The van der Waals surface area contributed by atoms with E-state index >= 15 is 0 Å². The van der Waals surface area contributed by atoms with Crippen molar-refractivity contribution in [1.29, 1.82) is 5.26 Å². The summed E-state index contributed by atoms with van der Waals surface area (Å²) in [6.45, 7) is 2.14. The maximum atomic E-state index is 13.1. The molecule has 0 aliphatic rings. The van der Waals surface area contributed by atoms with Crippen LogP contribution < -0.4 is 5.73 Å². The maximum absolute atomic E-state index is 13.1. The van der Waals surface area contributed by atoms with Gasteiger partial charge in [0.25, 0.3) is 0 Å². The fraction of sp³-hybridized carbons (Fsp3) is 0.462. The first kappa shape index (κ1) is 15.9. The molecule has 0 aliphatic carbocycles. The van der Waals surface area contributed by atoms with Crippen LogP contribution in [0.2, 0.25) is 0 Å². The van der Waals surface area contributed by atoms with Crippen LogP contribution in [0.3, 0.4) is 0 Å². The Balaban J connectivity index is 0.00000256. The average molecular weight is 257 g/mol. The van der Waals surface area contributed by atoms with Crippen molar-refractivity contribution in [1.82, 2.24) is 0 Å². The van der Waals surface area contributed by atoms with Gasteiger partial charge in [-0.3, -0.25) is 0 Å². The van der Waals surface area contributed by atoms with Gasteiger partial charge in [-0.15, -0.1) is 12.4 Å². The van der Waals surface area contributed by atoms with Gasteiger partial charge in [0, 0.05) is 6.04 Å². The number of benzene rings is 1. The van der Waals surface area contributed by atoms with Crippen molar-refractivity contribution < 1.29 is 4.39 Å². The number of hydrogen-bond acceptors (Lipinski definition) is 2. The third kappa shape index (κ3) is 4.72. The molecule has 1 aromatic carbocycles. The Bertz CT molecular complexity index is 387. The fourth-order valence-electron chi connectivity index (χ4n) is 1.64. The van der Waals surface area contributed by atoms with Crippen molar-refractivity contribution in [3.05, 3.63) is 35.1 Å². The van der Waals surface area contributed by atoms with Crippen molar-refractivity contribution in [2.75, 3.05) is 0 Å². The second kappa shape index (κ2) is 8.05. The zero-order chi connectivity index (χ0) is 12.0. The minimum Gasteiger partial charge on any atom is -0.324 e. The van der Waals surface area contributed by atoms with Gasteiger partial charge < -0.3 is 5.73 Å². The lowest BCUT2D eigenvalue weighted by Crippen LogP contribution is -2.10. The molecule has 0 saturated carbocycles. The van der Waals surface area contributed by atoms with Crippen LogP contribution in [0.25, 0.3) is 0 Å². The number of nitriles is 1. The quantitative estimate of drug-likeness (QED) is 0.817. The lowest BCUT2D eigenvalue weighted by Gasteiger charge is -2.12. The molecule has 1 atom stereocenters. The lowest BCUT2D eigenvalue weighted by molar-refractivity contribution is 0.577. The smallest absolute Gasteiger partial charge is 0.140 e. The van der Waals surface area contributed by atoms with Crippen LogP contribution in [-0.4, -0.2) is 0 Å². The molecule has 0 heterocycles. The Hall–Kier alpha value is -1.11. The fourth-order valence-corrected chi connectivity index (χ4v) is 1.64. The molecule has 94 valence electrons. The van der Waals surface area contributed by atoms with E-state index in [9.17, 15) is 4.39 Å². The lowest BCUT2D eigenvalue weighted by atomic mass is 9.99. The summed E-state index contributed by atoms with van der Waals surface area (Å²) in [6.07, 6.45) is 4.25. The molecule has 0 aromatic heterocycles. The third-order valence-electron chi connectivity index (χ3n) is 2.66. The zero-order valence-electron chi connectivity index (χ0n) is 9.95. The summed E-state index contributed by atoms with van der Waals surface area (Å²) in [4.78, 5) is 0. The zero-order valence-corrected chi connectivity index (χ0v) is 10.8. The standard InChI is InChI=1S/C13H17FN2.ClH/c1-2-3-4-5-13(16)10-6-7-12(14)11(8-10)9-15;/h6-8,13H,2-5,16H2,1H3;1H/t13-;/m0./s1. The average Bonchev–Trinajstić information content (AvgIpc) is 2.30. The summed E-state index contributed by atoms with van der Waals surface area (Å²) in [5.41, 5.74) is 6.89. The molecule has 0 fully saturated rings. The first-order valence-corrected chi connectivity index (χ1v) is 5.64. The van der Waals surface area contributed by atoms with Crippen molar-refractivity contribution in [3.8, 4) is 6.07 Å². The Labute approximate surface area is 108 Å². The maximum Gasteiger partial charge on any atom is 0.140 e. The van der Waals surface area contributed by atoms with Crippen LogP contribution in [-0.2, 0) is 0 Å². The summed E-state index contributed by atoms with van der Waals surface area (Å²) >= 11 is 0. The number of halogens is 2. The first-order chi connectivity index (χ1) is 7.69. The van der Waals surface area contributed by atoms with Crippen LogP contribution in [0.15, 0.2) is 18.2 Å². The van der Waals surface area contributed by atoms with Crippen LogP contribution in [0, 0.1) is 17.1 Å². The molecule has 0 radical (unpaired) electrons. The van der Waals surface area contributed by atoms with E-state index in [1.807, 2.05) is 6.07 Å². The Morgan fingerprint density at radius 1 is 1.41 bits per heavy atom. The van der Waals surface area contributed by atoms with Crippen molar-refractivity contribution in [3.63, 3.8) is 0 Å². The van der Waals surface area contributed by atoms with E-state index in [0.29, 0.717) is 0 Å². The number of nitrogens with zero attached hydrogens (tertiary/aromatic N) is 1. The second-order valence-electron chi connectivity index (χ2n) is 3.95. The van der Waals surface area contributed by atoms with E-state index in [1.54, 1.807) is 12.1 Å². The van der Waals surface area contributed by atoms with Crippen LogP contribution in [0.5, 0.6) is 0 Å². The SMILES string of the molecule is CCCCC[C@H](N)c1ccc(F)c(C#N)c1.Cl. The largest absolute Gasteiger partial charge is 0.324 e. The molecule has 0 aliphatic heterocycles. The van der Waals surface area contributed by atoms with Gasteiger partial charge in [0.15, 0.2) is 0 Å². The van der Waals surface area contributed by atoms with Gasteiger partial charge in [0.2, 0.25) is 0 Å². The van der Waals surface area contributed by atoms with E-state index in [4.69, 9.17) is 11.0 Å². The van der Waals surface area contributed by atoms with Gasteiger partial charge >= 0.3 is 0 Å². The summed E-state index contributed by atoms with van der Waals surface area (Å²) in [5, 5.41) is 8.71. The summed E-state index contributed by atoms with van der Waals surface area (Å²) in [7, 11) is 0. The molecule has 0 spiro atoms. The predicted molar refractivity (Wildman–Crippen MR) is 69.4 cm³/mol. The Morgan fingerprint density at radius 3 is 2.71 bits per heavy atom. The topological polar surface area (TPSA) is 49.8 Å². The van der Waals surface area contributed by atoms with E-state index < -0.39 is 5.82 Å². The summed E-state index contributed by atoms with van der Waals surface area (Å²) in [6, 6.07) is 6.25. The van der Waals surface area contributed by atoms with E-state index in [1.165, 1.54) is 6.07 Å². The first-order valence-electron chi connectivity index (χ1n) is 5.64. The number of hydrogen-bond donors (Lipinski definition) is 1. The summed E-state index contributed by atoms with van der Waals surface area (Å²) < 4.78 is 13.1. The van der Waals surface area contributed by atoms with Gasteiger partial charge in [-0.2, -0.15) is 5.26 Å². The highest BCUT2D eigenvalue weighted by atomic mass is 35.5. The molecule has 0 bridgehead atoms. The number of nitrogens with two attached hydrogens (primary N) is 1. The van der Waals surface area contributed by atoms with E-state index in [2.05, 4.69) is 6.92 Å². The molecular formula is C13H18ClFN2. The highest BCUT2D eigenvalue weighted by Crippen LogP contribution is 2.19. The molecule has 2 nitrogen and oxygen atoms in total. The number of unbranched alkanes of at least 4 members (excludes halogenated alkanes) is 2. The second-order valence-corrected chi connectivity index (χ2v) is 3.95. The van der Waals surface area contributed by atoms with Gasteiger partial charge in [-0.05, 0) is 24.1 Å². The van der Waals surface area contributed by atoms with Crippen LogP contribution in [0.4, 0.5) is 4.39 Å². The van der Waals surface area contributed by atoms with Crippen molar-refractivity contribution >= 4 is 12.4 Å². The number of rotatable bonds is 5. The monoisotopic (exact) mass is 256 g/mol. The molecule has 4 heteroatoms. The van der Waals surface area contributed by atoms with Crippen LogP contribution >= 0.6 is 12.4 Å².